The number of carbonyl (C=O) groups excluding carboxylic acids is 1. The predicted molar refractivity (Wildman–Crippen MR) is 103 cm³/mol. The first-order valence-electron chi connectivity index (χ1n) is 9.06. The molecule has 1 atom stereocenters. The average Bonchev–Trinajstić information content (AvgIpc) is 3.34. The van der Waals surface area contributed by atoms with Gasteiger partial charge in [0.05, 0.1) is 12.1 Å². The molecule has 1 amide bonds. The Morgan fingerprint density at radius 1 is 1.04 bits per heavy atom. The molecule has 27 heavy (non-hydrogen) atoms. The maximum absolute atomic E-state index is 12.8. The van der Waals surface area contributed by atoms with Crippen molar-refractivity contribution in [3.63, 3.8) is 0 Å². The topological polar surface area (TPSA) is 55.6 Å². The van der Waals surface area contributed by atoms with Gasteiger partial charge in [-0.05, 0) is 24.3 Å². The van der Waals surface area contributed by atoms with E-state index in [0.29, 0.717) is 24.7 Å². The lowest BCUT2D eigenvalue weighted by Crippen LogP contribution is -2.30. The summed E-state index contributed by atoms with van der Waals surface area (Å²) in [7, 11) is 0. The molecule has 5 heteroatoms. The number of rotatable bonds is 3. The van der Waals surface area contributed by atoms with E-state index in [1.54, 1.807) is 11.0 Å². The number of hydrogen-bond acceptors (Lipinski definition) is 4. The maximum Gasteiger partial charge on any atom is 0.289 e. The van der Waals surface area contributed by atoms with E-state index in [2.05, 4.69) is 4.98 Å². The quantitative estimate of drug-likeness (QED) is 0.549. The second-order valence-electron chi connectivity index (χ2n) is 6.77. The minimum absolute atomic E-state index is 0.0630. The number of para-hydroxylation sites is 2. The van der Waals surface area contributed by atoms with E-state index in [9.17, 15) is 4.79 Å². The Bertz CT molecular complexity index is 1100. The molecule has 2 aromatic heterocycles. The Hall–Kier alpha value is -3.34. The van der Waals surface area contributed by atoms with Crippen LogP contribution in [0.3, 0.4) is 0 Å². The van der Waals surface area contributed by atoms with Gasteiger partial charge in [-0.1, -0.05) is 36.4 Å². The molecule has 134 valence electrons. The first-order valence-corrected chi connectivity index (χ1v) is 9.06. The van der Waals surface area contributed by atoms with E-state index in [-0.39, 0.29) is 12.0 Å². The summed E-state index contributed by atoms with van der Waals surface area (Å²) in [5.74, 6) is 0.876. The average molecular weight is 358 g/mol. The number of furan rings is 1. The highest BCUT2D eigenvalue weighted by Gasteiger charge is 2.30. The summed E-state index contributed by atoms with van der Waals surface area (Å²) in [6.45, 7) is 1.18. The van der Waals surface area contributed by atoms with Crippen molar-refractivity contribution in [3.05, 3.63) is 72.5 Å². The fraction of sp³-hybridized carbons (Fsp3) is 0.182. The molecule has 2 aromatic carbocycles. The molecule has 1 fully saturated rings. The monoisotopic (exact) mass is 358 g/mol. The van der Waals surface area contributed by atoms with Gasteiger partial charge in [-0.2, -0.15) is 0 Å². The van der Waals surface area contributed by atoms with Gasteiger partial charge < -0.3 is 14.1 Å². The largest absolute Gasteiger partial charge is 0.472 e. The minimum Gasteiger partial charge on any atom is -0.472 e. The summed E-state index contributed by atoms with van der Waals surface area (Å²) in [5, 5.41) is 2.02. The van der Waals surface area contributed by atoms with Gasteiger partial charge >= 0.3 is 0 Å². The third kappa shape index (κ3) is 3.01. The smallest absolute Gasteiger partial charge is 0.289 e. The SMILES string of the molecule is O=C(c1cc2ccccc2o1)N1CCC(Oc2ccc3ccccc3n2)C1. The Balaban J connectivity index is 1.29. The highest BCUT2D eigenvalue weighted by molar-refractivity contribution is 5.96. The number of ether oxygens (including phenoxy) is 1. The number of pyridine rings is 1. The summed E-state index contributed by atoms with van der Waals surface area (Å²) in [6.07, 6.45) is 0.715. The van der Waals surface area contributed by atoms with Gasteiger partial charge in [-0.15, -0.1) is 0 Å². The number of fused-ring (bicyclic) bond motifs is 2. The van der Waals surface area contributed by atoms with Crippen LogP contribution in [0.1, 0.15) is 17.0 Å². The molecule has 0 radical (unpaired) electrons. The van der Waals surface area contributed by atoms with Crippen LogP contribution >= 0.6 is 0 Å². The molecular formula is C22H18N2O3. The number of aromatic nitrogens is 1. The van der Waals surface area contributed by atoms with E-state index < -0.39 is 0 Å². The number of nitrogens with zero attached hydrogens (tertiary/aromatic N) is 2. The van der Waals surface area contributed by atoms with Crippen LogP contribution in [0.15, 0.2) is 71.1 Å². The molecule has 1 aliphatic rings. The predicted octanol–water partition coefficient (Wildman–Crippen LogP) is 4.27. The maximum atomic E-state index is 12.8. The van der Waals surface area contributed by atoms with Crippen LogP contribution in [0.4, 0.5) is 0 Å². The van der Waals surface area contributed by atoms with Gasteiger partial charge in [0.1, 0.15) is 11.7 Å². The lowest BCUT2D eigenvalue weighted by molar-refractivity contribution is 0.0742. The van der Waals surface area contributed by atoms with Gasteiger partial charge in [0.2, 0.25) is 5.88 Å². The molecule has 0 aliphatic carbocycles. The van der Waals surface area contributed by atoms with Crippen LogP contribution in [0, 0.1) is 0 Å². The number of carbonyl (C=O) groups is 1. The van der Waals surface area contributed by atoms with Crippen molar-refractivity contribution in [1.29, 1.82) is 0 Å². The Morgan fingerprint density at radius 3 is 2.74 bits per heavy atom. The van der Waals surface area contributed by atoms with E-state index >= 15 is 0 Å². The Kier molecular flexibility index (Phi) is 3.78. The fourth-order valence-electron chi connectivity index (χ4n) is 3.54. The van der Waals surface area contributed by atoms with Crippen LogP contribution in [0.25, 0.3) is 21.9 Å². The Morgan fingerprint density at radius 2 is 1.85 bits per heavy atom. The van der Waals surface area contributed by atoms with E-state index in [1.807, 2.05) is 60.7 Å². The molecular weight excluding hydrogens is 340 g/mol. The zero-order valence-corrected chi connectivity index (χ0v) is 14.7. The first-order chi connectivity index (χ1) is 13.3. The van der Waals surface area contributed by atoms with Crippen LogP contribution in [-0.2, 0) is 0 Å². The molecule has 0 saturated carbocycles. The standard InChI is InChI=1S/C22H18N2O3/c25-22(20-13-16-6-2-4-8-19(16)27-20)24-12-11-17(14-24)26-21-10-9-15-5-1-3-7-18(15)23-21/h1-10,13,17H,11-12,14H2. The highest BCUT2D eigenvalue weighted by atomic mass is 16.5. The molecule has 0 N–H and O–H groups in total. The summed E-state index contributed by atoms with van der Waals surface area (Å²) >= 11 is 0. The van der Waals surface area contributed by atoms with Crippen molar-refractivity contribution in [1.82, 2.24) is 9.88 Å². The van der Waals surface area contributed by atoms with Crippen molar-refractivity contribution < 1.29 is 13.9 Å². The van der Waals surface area contributed by atoms with Crippen LogP contribution in [0.2, 0.25) is 0 Å². The molecule has 0 bridgehead atoms. The second kappa shape index (κ2) is 6.43. The minimum atomic E-state index is -0.0937. The van der Waals surface area contributed by atoms with Crippen LogP contribution in [-0.4, -0.2) is 35.0 Å². The lowest BCUT2D eigenvalue weighted by Gasteiger charge is -2.16. The molecule has 4 aromatic rings. The fourth-order valence-corrected chi connectivity index (χ4v) is 3.54. The summed E-state index contributed by atoms with van der Waals surface area (Å²) in [5.41, 5.74) is 1.64. The molecule has 5 rings (SSSR count). The Labute approximate surface area is 156 Å². The van der Waals surface area contributed by atoms with Gasteiger partial charge in [0.25, 0.3) is 5.91 Å². The van der Waals surface area contributed by atoms with Gasteiger partial charge in [0.15, 0.2) is 5.76 Å². The van der Waals surface area contributed by atoms with Crippen molar-refractivity contribution >= 4 is 27.8 Å². The normalized spacial score (nSPS) is 16.9. The number of amides is 1. The summed E-state index contributed by atoms with van der Waals surface area (Å²) in [4.78, 5) is 19.1. The van der Waals surface area contributed by atoms with Crippen molar-refractivity contribution in [2.24, 2.45) is 0 Å². The number of hydrogen-bond donors (Lipinski definition) is 0. The third-order valence-electron chi connectivity index (χ3n) is 4.93. The van der Waals surface area contributed by atoms with Crippen LogP contribution < -0.4 is 4.74 Å². The first kappa shape index (κ1) is 15.9. The van der Waals surface area contributed by atoms with Crippen molar-refractivity contribution in [2.45, 2.75) is 12.5 Å². The molecule has 5 nitrogen and oxygen atoms in total. The third-order valence-corrected chi connectivity index (χ3v) is 4.93. The van der Waals surface area contributed by atoms with E-state index in [1.165, 1.54) is 0 Å². The van der Waals surface area contributed by atoms with Gasteiger partial charge in [-0.3, -0.25) is 4.79 Å². The van der Waals surface area contributed by atoms with Gasteiger partial charge in [0, 0.05) is 29.8 Å². The van der Waals surface area contributed by atoms with Crippen LogP contribution in [0.5, 0.6) is 5.88 Å². The molecule has 0 spiro atoms. The molecule has 1 unspecified atom stereocenters. The summed E-state index contributed by atoms with van der Waals surface area (Å²) < 4.78 is 11.7. The highest BCUT2D eigenvalue weighted by Crippen LogP contribution is 2.24. The number of likely N-dealkylation sites (tertiary alicyclic amines) is 1. The second-order valence-corrected chi connectivity index (χ2v) is 6.77. The van der Waals surface area contributed by atoms with Gasteiger partial charge in [-0.25, -0.2) is 4.98 Å². The lowest BCUT2D eigenvalue weighted by atomic mass is 10.2. The number of benzene rings is 2. The van der Waals surface area contributed by atoms with E-state index in [4.69, 9.17) is 9.15 Å². The molecule has 1 aliphatic heterocycles. The molecule has 1 saturated heterocycles. The summed E-state index contributed by atoms with van der Waals surface area (Å²) in [6, 6.07) is 21.3. The van der Waals surface area contributed by atoms with Crippen molar-refractivity contribution in [2.75, 3.05) is 13.1 Å². The zero-order chi connectivity index (χ0) is 18.2. The zero-order valence-electron chi connectivity index (χ0n) is 14.7. The van der Waals surface area contributed by atoms with E-state index in [0.717, 1.165) is 28.3 Å². The van der Waals surface area contributed by atoms with Crippen molar-refractivity contribution in [3.8, 4) is 5.88 Å². The molecule has 3 heterocycles.